The number of para-hydroxylation sites is 2. The van der Waals surface area contributed by atoms with Crippen LogP contribution in [0.5, 0.6) is 5.75 Å². The van der Waals surface area contributed by atoms with Crippen molar-refractivity contribution < 1.29 is 14.3 Å². The first-order chi connectivity index (χ1) is 12.5. The molecule has 2 fully saturated rings. The number of carbonyl (C=O) groups is 2. The van der Waals surface area contributed by atoms with Gasteiger partial charge in [-0.25, -0.2) is 0 Å². The van der Waals surface area contributed by atoms with Gasteiger partial charge >= 0.3 is 0 Å². The lowest BCUT2D eigenvalue weighted by Gasteiger charge is -2.39. The molecule has 3 rings (SSSR count). The van der Waals surface area contributed by atoms with Crippen LogP contribution in [-0.4, -0.2) is 49.0 Å². The number of ether oxygens (including phenoxy) is 1. The second kappa shape index (κ2) is 9.42. The second-order valence-corrected chi connectivity index (χ2v) is 7.36. The summed E-state index contributed by atoms with van der Waals surface area (Å²) in [4.78, 5) is 29.3. The predicted octanol–water partition coefficient (Wildman–Crippen LogP) is 2.45. The van der Waals surface area contributed by atoms with Crippen molar-refractivity contribution in [1.82, 2.24) is 4.90 Å². The van der Waals surface area contributed by atoms with E-state index in [2.05, 4.69) is 6.92 Å². The summed E-state index contributed by atoms with van der Waals surface area (Å²) in [5.41, 5.74) is 6.65. The molecule has 0 aliphatic carbocycles. The minimum Gasteiger partial charge on any atom is -0.492 e. The van der Waals surface area contributed by atoms with Crippen LogP contribution in [0.3, 0.4) is 0 Å². The summed E-state index contributed by atoms with van der Waals surface area (Å²) < 4.78 is 5.65. The fourth-order valence-electron chi connectivity index (χ4n) is 4.06. The maximum absolute atomic E-state index is 13.1. The standard InChI is InChI=1S/C20H29N3O3.ClH/c1-3-26-18-7-5-4-6-17(18)23-13-15(11-19(23)24)20(25)22-9-8-14(2)10-16(22)12-21;/h4-7,14-16H,3,8-13,21H2,1-2H3;1H. The Morgan fingerprint density at radius 2 is 2.07 bits per heavy atom. The zero-order valence-electron chi connectivity index (χ0n) is 16.1. The van der Waals surface area contributed by atoms with Crippen molar-refractivity contribution in [2.75, 3.05) is 31.1 Å². The van der Waals surface area contributed by atoms with Crippen LogP contribution in [0.25, 0.3) is 0 Å². The monoisotopic (exact) mass is 395 g/mol. The maximum Gasteiger partial charge on any atom is 0.228 e. The van der Waals surface area contributed by atoms with Crippen LogP contribution in [0.1, 0.15) is 33.1 Å². The molecule has 0 bridgehead atoms. The summed E-state index contributed by atoms with van der Waals surface area (Å²) in [7, 11) is 0. The molecule has 2 amide bonds. The van der Waals surface area contributed by atoms with E-state index in [-0.39, 0.29) is 42.6 Å². The molecule has 0 radical (unpaired) electrons. The summed E-state index contributed by atoms with van der Waals surface area (Å²) in [5, 5.41) is 0. The third-order valence-electron chi connectivity index (χ3n) is 5.46. The van der Waals surface area contributed by atoms with Gasteiger partial charge in [0.25, 0.3) is 0 Å². The molecule has 27 heavy (non-hydrogen) atoms. The summed E-state index contributed by atoms with van der Waals surface area (Å²) in [6.45, 7) is 6.28. The average molecular weight is 396 g/mol. The number of likely N-dealkylation sites (tertiary alicyclic amines) is 1. The molecule has 2 heterocycles. The quantitative estimate of drug-likeness (QED) is 0.830. The van der Waals surface area contributed by atoms with Crippen LogP contribution >= 0.6 is 12.4 Å². The lowest BCUT2D eigenvalue weighted by Crippen LogP contribution is -2.51. The molecular weight excluding hydrogens is 366 g/mol. The third-order valence-corrected chi connectivity index (χ3v) is 5.46. The van der Waals surface area contributed by atoms with Crippen LogP contribution in [0, 0.1) is 11.8 Å². The number of anilines is 1. The Hall–Kier alpha value is -1.79. The average Bonchev–Trinajstić information content (AvgIpc) is 3.03. The van der Waals surface area contributed by atoms with E-state index in [1.54, 1.807) is 4.90 Å². The molecule has 2 aliphatic heterocycles. The highest BCUT2D eigenvalue weighted by Crippen LogP contribution is 2.34. The molecule has 1 aromatic carbocycles. The Balaban J connectivity index is 0.00000261. The third kappa shape index (κ3) is 4.55. The number of carbonyl (C=O) groups excluding carboxylic acids is 2. The van der Waals surface area contributed by atoms with Crippen molar-refractivity contribution in [2.24, 2.45) is 17.6 Å². The van der Waals surface area contributed by atoms with Gasteiger partial charge in [0.15, 0.2) is 0 Å². The highest BCUT2D eigenvalue weighted by molar-refractivity contribution is 6.01. The normalized spacial score (nSPS) is 25.3. The molecule has 2 saturated heterocycles. The van der Waals surface area contributed by atoms with Gasteiger partial charge in [-0.15, -0.1) is 12.4 Å². The van der Waals surface area contributed by atoms with Crippen molar-refractivity contribution in [2.45, 2.75) is 39.2 Å². The second-order valence-electron chi connectivity index (χ2n) is 7.36. The van der Waals surface area contributed by atoms with Gasteiger partial charge in [-0.2, -0.15) is 0 Å². The van der Waals surface area contributed by atoms with Crippen molar-refractivity contribution in [3.8, 4) is 5.75 Å². The Morgan fingerprint density at radius 1 is 1.33 bits per heavy atom. The summed E-state index contributed by atoms with van der Waals surface area (Å²) in [6.07, 6.45) is 2.20. The molecule has 6 nitrogen and oxygen atoms in total. The molecule has 0 saturated carbocycles. The number of rotatable bonds is 5. The SMILES string of the molecule is CCOc1ccccc1N1CC(C(=O)N2CCC(C)CC2CN)CC1=O.Cl. The lowest BCUT2D eigenvalue weighted by atomic mass is 9.91. The number of halogens is 1. The topological polar surface area (TPSA) is 75.9 Å². The van der Waals surface area contributed by atoms with Crippen molar-refractivity contribution in [3.63, 3.8) is 0 Å². The van der Waals surface area contributed by atoms with Crippen molar-refractivity contribution >= 4 is 29.9 Å². The minimum absolute atomic E-state index is 0. The molecule has 3 unspecified atom stereocenters. The number of piperidine rings is 1. The number of hydrogen-bond acceptors (Lipinski definition) is 4. The van der Waals surface area contributed by atoms with Crippen LogP contribution < -0.4 is 15.4 Å². The number of nitrogens with zero attached hydrogens (tertiary/aromatic N) is 2. The first kappa shape index (κ1) is 21.5. The number of benzene rings is 1. The molecule has 3 atom stereocenters. The highest BCUT2D eigenvalue weighted by Gasteiger charge is 2.40. The molecule has 0 aromatic heterocycles. The zero-order chi connectivity index (χ0) is 18.7. The lowest BCUT2D eigenvalue weighted by molar-refractivity contribution is -0.139. The van der Waals surface area contributed by atoms with Gasteiger partial charge in [0.2, 0.25) is 11.8 Å². The predicted molar refractivity (Wildman–Crippen MR) is 108 cm³/mol. The van der Waals surface area contributed by atoms with Gasteiger partial charge < -0.3 is 20.3 Å². The zero-order valence-corrected chi connectivity index (χ0v) is 16.9. The van der Waals surface area contributed by atoms with E-state index in [0.29, 0.717) is 31.4 Å². The van der Waals surface area contributed by atoms with Gasteiger partial charge in [0.1, 0.15) is 5.75 Å². The van der Waals surface area contributed by atoms with Crippen molar-refractivity contribution in [1.29, 1.82) is 0 Å². The highest BCUT2D eigenvalue weighted by atomic mass is 35.5. The fraction of sp³-hybridized carbons (Fsp3) is 0.600. The van der Waals surface area contributed by atoms with Crippen LogP contribution in [0.15, 0.2) is 24.3 Å². The Morgan fingerprint density at radius 3 is 2.78 bits per heavy atom. The first-order valence-electron chi connectivity index (χ1n) is 9.57. The van der Waals surface area contributed by atoms with E-state index in [0.717, 1.165) is 25.1 Å². The van der Waals surface area contributed by atoms with Crippen LogP contribution in [0.4, 0.5) is 5.69 Å². The Labute approximate surface area is 167 Å². The molecule has 2 N–H and O–H groups in total. The smallest absolute Gasteiger partial charge is 0.228 e. The Bertz CT molecular complexity index is 670. The summed E-state index contributed by atoms with van der Waals surface area (Å²) >= 11 is 0. The molecule has 2 aliphatic rings. The molecule has 150 valence electrons. The largest absolute Gasteiger partial charge is 0.492 e. The maximum atomic E-state index is 13.1. The van der Waals surface area contributed by atoms with E-state index in [1.165, 1.54) is 0 Å². The van der Waals surface area contributed by atoms with Gasteiger partial charge in [0, 0.05) is 32.1 Å². The number of hydrogen-bond donors (Lipinski definition) is 1. The van der Waals surface area contributed by atoms with Gasteiger partial charge in [-0.1, -0.05) is 19.1 Å². The van der Waals surface area contributed by atoms with Crippen molar-refractivity contribution in [3.05, 3.63) is 24.3 Å². The van der Waals surface area contributed by atoms with E-state index < -0.39 is 0 Å². The van der Waals surface area contributed by atoms with Crippen LogP contribution in [0.2, 0.25) is 0 Å². The first-order valence-corrected chi connectivity index (χ1v) is 9.57. The van der Waals surface area contributed by atoms with E-state index in [4.69, 9.17) is 10.5 Å². The Kier molecular flexibility index (Phi) is 7.50. The number of nitrogens with two attached hydrogens (primary N) is 1. The van der Waals surface area contributed by atoms with E-state index in [1.807, 2.05) is 36.1 Å². The van der Waals surface area contributed by atoms with Gasteiger partial charge in [-0.05, 0) is 37.8 Å². The molecular formula is C20H30ClN3O3. The molecule has 7 heteroatoms. The summed E-state index contributed by atoms with van der Waals surface area (Å²) in [5.74, 6) is 1.01. The van der Waals surface area contributed by atoms with E-state index in [9.17, 15) is 9.59 Å². The fourth-order valence-corrected chi connectivity index (χ4v) is 4.06. The van der Waals surface area contributed by atoms with Gasteiger partial charge in [0.05, 0.1) is 18.2 Å². The molecule has 1 aromatic rings. The summed E-state index contributed by atoms with van der Waals surface area (Å²) in [6, 6.07) is 7.60. The van der Waals surface area contributed by atoms with E-state index >= 15 is 0 Å². The van der Waals surface area contributed by atoms with Crippen LogP contribution in [-0.2, 0) is 9.59 Å². The molecule has 0 spiro atoms. The van der Waals surface area contributed by atoms with Gasteiger partial charge in [-0.3, -0.25) is 9.59 Å². The minimum atomic E-state index is -0.306. The number of amides is 2.